The first-order valence-electron chi connectivity index (χ1n) is 8.60. The van der Waals surface area contributed by atoms with Crippen LogP contribution in [0.3, 0.4) is 0 Å². The van der Waals surface area contributed by atoms with Gasteiger partial charge in [0.15, 0.2) is 0 Å². The first-order valence-corrected chi connectivity index (χ1v) is 9.42. The Morgan fingerprint density at radius 3 is 1.81 bits per heavy atom. The molecular weight excluding hydrogens is 350 g/mol. The van der Waals surface area contributed by atoms with E-state index in [4.69, 9.17) is 16.9 Å². The summed E-state index contributed by atoms with van der Waals surface area (Å²) in [6.45, 7) is 0. The number of hydrogen-bond donors (Lipinski definition) is 3. The van der Waals surface area contributed by atoms with Crippen LogP contribution in [0.2, 0.25) is 0 Å². The minimum atomic E-state index is 0.511. The van der Waals surface area contributed by atoms with E-state index in [-0.39, 0.29) is 0 Å². The van der Waals surface area contributed by atoms with Crippen molar-refractivity contribution >= 4 is 39.3 Å². The first kappa shape index (κ1) is 17.2. The molecule has 1 aliphatic carbocycles. The highest BCUT2D eigenvalue weighted by molar-refractivity contribution is 8.12. The van der Waals surface area contributed by atoms with Gasteiger partial charge in [0.2, 0.25) is 0 Å². The van der Waals surface area contributed by atoms with E-state index in [1.54, 1.807) is 11.8 Å². The molecule has 0 atom stereocenters. The van der Waals surface area contributed by atoms with Crippen LogP contribution in [-0.4, -0.2) is 5.71 Å². The molecule has 1 aliphatic heterocycles. The van der Waals surface area contributed by atoms with E-state index in [2.05, 4.69) is 12.2 Å². The van der Waals surface area contributed by atoms with Crippen LogP contribution in [0.1, 0.15) is 11.1 Å². The lowest BCUT2D eigenvalue weighted by Crippen LogP contribution is -1.97. The predicted octanol–water partition coefficient (Wildman–Crippen LogP) is 5.42. The van der Waals surface area contributed by atoms with E-state index >= 15 is 0 Å². The Kier molecular flexibility index (Phi) is 4.57. The van der Waals surface area contributed by atoms with Gasteiger partial charge in [-0.25, -0.2) is 0 Å². The normalized spacial score (nSPS) is 16.4. The van der Waals surface area contributed by atoms with E-state index in [0.717, 1.165) is 43.5 Å². The molecule has 0 saturated carbocycles. The van der Waals surface area contributed by atoms with Crippen molar-refractivity contribution in [2.24, 2.45) is 0 Å². The highest BCUT2D eigenvalue weighted by Gasteiger charge is 2.16. The van der Waals surface area contributed by atoms with Crippen LogP contribution < -0.4 is 11.5 Å². The lowest BCUT2D eigenvalue weighted by Gasteiger charge is -2.19. The number of thioether (sulfide) groups is 1. The van der Waals surface area contributed by atoms with E-state index in [9.17, 15) is 0 Å². The number of rotatable bonds is 2. The van der Waals surface area contributed by atoms with Crippen LogP contribution in [0.25, 0.3) is 10.5 Å². The van der Waals surface area contributed by atoms with Crippen molar-refractivity contribution in [3.05, 3.63) is 107 Å². The topological polar surface area (TPSA) is 75.9 Å². The highest BCUT2D eigenvalue weighted by Crippen LogP contribution is 2.44. The Morgan fingerprint density at radius 1 is 0.667 bits per heavy atom. The third-order valence-electron chi connectivity index (χ3n) is 4.40. The van der Waals surface area contributed by atoms with Gasteiger partial charge in [-0.2, -0.15) is 0 Å². The predicted molar refractivity (Wildman–Crippen MR) is 118 cm³/mol. The van der Waals surface area contributed by atoms with Gasteiger partial charge in [0.1, 0.15) is 0 Å². The zero-order chi connectivity index (χ0) is 18.8. The second kappa shape index (κ2) is 7.17. The fraction of sp³-hybridized carbons (Fsp3) is 0. The van der Waals surface area contributed by atoms with Gasteiger partial charge in [-0.15, -0.1) is 0 Å². The summed E-state index contributed by atoms with van der Waals surface area (Å²) in [5, 5.41) is 7.73. The van der Waals surface area contributed by atoms with Gasteiger partial charge in [0.05, 0.1) is 5.71 Å². The average Bonchev–Trinajstić information content (AvgIpc) is 2.69. The van der Waals surface area contributed by atoms with Crippen LogP contribution in [0.15, 0.2) is 95.5 Å². The molecule has 0 bridgehead atoms. The molecular formula is C23H19N3S. The standard InChI is InChI=1S/C23H19N3S/c24-19-7-1-15(2-8-19)18-13-22(16-3-9-20(25)10-4-16)27-23(14-18)17-5-11-21(26)12-6-17/h1-14,25H,24,26H2. The van der Waals surface area contributed by atoms with Crippen LogP contribution in [0.5, 0.6) is 0 Å². The Morgan fingerprint density at radius 2 is 1.22 bits per heavy atom. The van der Waals surface area contributed by atoms with E-state index < -0.39 is 0 Å². The fourth-order valence-electron chi connectivity index (χ4n) is 2.91. The third-order valence-corrected chi connectivity index (χ3v) is 5.55. The molecule has 0 saturated heterocycles. The molecule has 4 heteroatoms. The Balaban J connectivity index is 1.82. The molecule has 2 aromatic rings. The largest absolute Gasteiger partial charge is 0.399 e. The van der Waals surface area contributed by atoms with Gasteiger partial charge in [-0.3, -0.25) is 0 Å². The number of anilines is 2. The maximum absolute atomic E-state index is 7.73. The Labute approximate surface area is 163 Å². The molecule has 3 nitrogen and oxygen atoms in total. The van der Waals surface area contributed by atoms with Gasteiger partial charge in [0.25, 0.3) is 0 Å². The number of hydrogen-bond acceptors (Lipinski definition) is 4. The van der Waals surface area contributed by atoms with Gasteiger partial charge >= 0.3 is 0 Å². The summed E-state index contributed by atoms with van der Waals surface area (Å²) in [5.74, 6) is 0. The van der Waals surface area contributed by atoms with Crippen molar-refractivity contribution in [1.82, 2.24) is 0 Å². The van der Waals surface area contributed by atoms with Gasteiger partial charge in [0, 0.05) is 21.2 Å². The Hall–Kier alpha value is -3.24. The van der Waals surface area contributed by atoms with Crippen molar-refractivity contribution in [3.8, 4) is 0 Å². The highest BCUT2D eigenvalue weighted by atomic mass is 32.2. The van der Waals surface area contributed by atoms with Crippen LogP contribution in [0, 0.1) is 5.41 Å². The number of benzene rings is 2. The summed E-state index contributed by atoms with van der Waals surface area (Å²) in [6.07, 6.45) is 12.0. The molecule has 27 heavy (non-hydrogen) atoms. The van der Waals surface area contributed by atoms with Gasteiger partial charge in [-0.05, 0) is 70.8 Å². The number of allylic oxidation sites excluding steroid dienone is 8. The van der Waals surface area contributed by atoms with Crippen molar-refractivity contribution in [2.45, 2.75) is 0 Å². The SMILES string of the molecule is N=C1C=CC(=C2C=C(c3ccc(N)cc3)C=C(c3ccc(N)cc3)S2)C=C1. The molecule has 0 spiro atoms. The number of nitrogen functional groups attached to an aromatic ring is 2. The molecule has 0 fully saturated rings. The summed E-state index contributed by atoms with van der Waals surface area (Å²) in [6, 6.07) is 15.9. The van der Waals surface area contributed by atoms with Crippen molar-refractivity contribution in [1.29, 1.82) is 5.41 Å². The molecule has 4 rings (SSSR count). The smallest absolute Gasteiger partial charge is 0.0540 e. The molecule has 0 unspecified atom stereocenters. The molecule has 0 aromatic heterocycles. The zero-order valence-corrected chi connectivity index (χ0v) is 15.5. The fourth-order valence-corrected chi connectivity index (χ4v) is 4.03. The average molecular weight is 369 g/mol. The van der Waals surface area contributed by atoms with Crippen molar-refractivity contribution < 1.29 is 0 Å². The van der Waals surface area contributed by atoms with Gasteiger partial charge < -0.3 is 16.9 Å². The first-order chi connectivity index (χ1) is 13.1. The number of nitrogens with two attached hydrogens (primary N) is 2. The second-order valence-corrected chi connectivity index (χ2v) is 7.48. The molecule has 5 N–H and O–H groups in total. The third kappa shape index (κ3) is 3.81. The molecule has 2 aromatic carbocycles. The summed E-state index contributed by atoms with van der Waals surface area (Å²) >= 11 is 1.73. The minimum absolute atomic E-state index is 0.511. The van der Waals surface area contributed by atoms with E-state index in [1.807, 2.05) is 72.8 Å². The summed E-state index contributed by atoms with van der Waals surface area (Å²) in [4.78, 5) is 2.31. The Bertz CT molecular complexity index is 1030. The molecule has 132 valence electrons. The molecule has 2 aliphatic rings. The minimum Gasteiger partial charge on any atom is -0.399 e. The maximum Gasteiger partial charge on any atom is 0.0540 e. The van der Waals surface area contributed by atoms with Crippen molar-refractivity contribution in [2.75, 3.05) is 11.5 Å². The van der Waals surface area contributed by atoms with E-state index in [1.165, 1.54) is 0 Å². The molecule has 0 radical (unpaired) electrons. The summed E-state index contributed by atoms with van der Waals surface area (Å²) < 4.78 is 0. The quantitative estimate of drug-likeness (QED) is 0.619. The van der Waals surface area contributed by atoms with E-state index in [0.29, 0.717) is 5.71 Å². The monoisotopic (exact) mass is 369 g/mol. The maximum atomic E-state index is 7.73. The lowest BCUT2D eigenvalue weighted by molar-refractivity contribution is 1.51. The zero-order valence-electron chi connectivity index (χ0n) is 14.6. The summed E-state index contributed by atoms with van der Waals surface area (Å²) in [5.41, 5.74) is 18.2. The van der Waals surface area contributed by atoms with Crippen LogP contribution in [0.4, 0.5) is 11.4 Å². The van der Waals surface area contributed by atoms with Crippen LogP contribution in [-0.2, 0) is 0 Å². The second-order valence-electron chi connectivity index (χ2n) is 6.40. The summed E-state index contributed by atoms with van der Waals surface area (Å²) in [7, 11) is 0. The van der Waals surface area contributed by atoms with Crippen molar-refractivity contribution in [3.63, 3.8) is 0 Å². The van der Waals surface area contributed by atoms with Gasteiger partial charge in [-0.1, -0.05) is 48.2 Å². The lowest BCUT2D eigenvalue weighted by atomic mass is 10.0. The molecule has 0 amide bonds. The molecule has 1 heterocycles. The number of nitrogens with one attached hydrogen (secondary N) is 1. The van der Waals surface area contributed by atoms with Crippen LogP contribution >= 0.6 is 11.8 Å².